The van der Waals surface area contributed by atoms with Gasteiger partial charge in [0.15, 0.2) is 0 Å². The molecule has 100 valence electrons. The number of hydrogen-bond donors (Lipinski definition) is 1. The molecule has 1 aliphatic carbocycles. The summed E-state index contributed by atoms with van der Waals surface area (Å²) in [4.78, 5) is 0. The predicted octanol–water partition coefficient (Wildman–Crippen LogP) is 4.08. The zero-order valence-electron chi connectivity index (χ0n) is 11.8. The van der Waals surface area contributed by atoms with Gasteiger partial charge in [-0.25, -0.2) is 0 Å². The standard InChI is InChI=1S/C15H29NS/c1-12(2)13-5-7-14(8-6-13)16-11-15(3)9-4-10-17-15/h12-14,16H,4-11H2,1-3H3. The third kappa shape index (κ3) is 3.89. The van der Waals surface area contributed by atoms with Crippen LogP contribution >= 0.6 is 11.8 Å². The van der Waals surface area contributed by atoms with Gasteiger partial charge < -0.3 is 5.32 Å². The summed E-state index contributed by atoms with van der Waals surface area (Å²) in [6.07, 6.45) is 8.53. The molecule has 2 aliphatic rings. The molecule has 0 aromatic heterocycles. The van der Waals surface area contributed by atoms with Gasteiger partial charge in [-0.05, 0) is 63.0 Å². The Bertz CT molecular complexity index is 225. The Morgan fingerprint density at radius 2 is 1.94 bits per heavy atom. The van der Waals surface area contributed by atoms with Gasteiger partial charge in [-0.1, -0.05) is 13.8 Å². The second kappa shape index (κ2) is 5.97. The minimum Gasteiger partial charge on any atom is -0.313 e. The lowest BCUT2D eigenvalue weighted by molar-refractivity contribution is 0.236. The number of thioether (sulfide) groups is 1. The van der Waals surface area contributed by atoms with Gasteiger partial charge in [0.25, 0.3) is 0 Å². The Balaban J connectivity index is 1.68. The molecule has 1 nitrogen and oxygen atoms in total. The zero-order chi connectivity index (χ0) is 12.3. The normalized spacial score (nSPS) is 38.8. The van der Waals surface area contributed by atoms with E-state index in [2.05, 4.69) is 37.8 Å². The van der Waals surface area contributed by atoms with Crippen LogP contribution in [0.5, 0.6) is 0 Å². The minimum absolute atomic E-state index is 0.537. The second-order valence-electron chi connectivity index (χ2n) is 6.64. The largest absolute Gasteiger partial charge is 0.313 e. The molecule has 0 amide bonds. The highest BCUT2D eigenvalue weighted by molar-refractivity contribution is 8.00. The van der Waals surface area contributed by atoms with Crippen LogP contribution in [-0.4, -0.2) is 23.1 Å². The summed E-state index contributed by atoms with van der Waals surface area (Å²) in [5.74, 6) is 3.25. The summed E-state index contributed by atoms with van der Waals surface area (Å²) in [6.45, 7) is 8.44. The summed E-state index contributed by atoms with van der Waals surface area (Å²) < 4.78 is 0.537. The van der Waals surface area contributed by atoms with Gasteiger partial charge >= 0.3 is 0 Å². The maximum atomic E-state index is 3.84. The summed E-state index contributed by atoms with van der Waals surface area (Å²) in [6, 6.07) is 0.808. The van der Waals surface area contributed by atoms with E-state index in [0.717, 1.165) is 17.9 Å². The first kappa shape index (κ1) is 13.7. The number of nitrogens with one attached hydrogen (secondary N) is 1. The number of hydrogen-bond acceptors (Lipinski definition) is 2. The van der Waals surface area contributed by atoms with Crippen molar-refractivity contribution in [1.82, 2.24) is 5.32 Å². The summed E-state index contributed by atoms with van der Waals surface area (Å²) >= 11 is 2.18. The highest BCUT2D eigenvalue weighted by Gasteiger charge is 2.30. The van der Waals surface area contributed by atoms with Crippen molar-refractivity contribution in [2.24, 2.45) is 11.8 Å². The second-order valence-corrected chi connectivity index (χ2v) is 8.32. The van der Waals surface area contributed by atoms with E-state index in [-0.39, 0.29) is 0 Å². The third-order valence-corrected chi connectivity index (χ3v) is 6.32. The van der Waals surface area contributed by atoms with Crippen LogP contribution in [0.15, 0.2) is 0 Å². The van der Waals surface area contributed by atoms with E-state index in [0.29, 0.717) is 4.75 Å². The van der Waals surface area contributed by atoms with Crippen molar-refractivity contribution < 1.29 is 0 Å². The van der Waals surface area contributed by atoms with Crippen LogP contribution in [0.2, 0.25) is 0 Å². The molecule has 1 saturated heterocycles. The first-order valence-electron chi connectivity index (χ1n) is 7.46. The number of rotatable bonds is 4. The van der Waals surface area contributed by atoms with Gasteiger partial charge in [-0.2, -0.15) is 11.8 Å². The molecule has 1 unspecified atom stereocenters. The van der Waals surface area contributed by atoms with Crippen LogP contribution in [0.3, 0.4) is 0 Å². The monoisotopic (exact) mass is 255 g/mol. The van der Waals surface area contributed by atoms with Crippen molar-refractivity contribution in [3.8, 4) is 0 Å². The van der Waals surface area contributed by atoms with Crippen molar-refractivity contribution in [2.45, 2.75) is 70.1 Å². The molecule has 2 heteroatoms. The summed E-state index contributed by atoms with van der Waals surface area (Å²) in [5.41, 5.74) is 0. The first-order chi connectivity index (χ1) is 8.09. The highest BCUT2D eigenvalue weighted by Crippen LogP contribution is 2.37. The molecule has 0 aromatic rings. The fourth-order valence-corrected chi connectivity index (χ4v) is 4.58. The molecule has 0 spiro atoms. The predicted molar refractivity (Wildman–Crippen MR) is 78.7 cm³/mol. The molecule has 1 N–H and O–H groups in total. The molecule has 17 heavy (non-hydrogen) atoms. The Labute approximate surface area is 112 Å². The van der Waals surface area contributed by atoms with Crippen LogP contribution in [0.25, 0.3) is 0 Å². The van der Waals surface area contributed by atoms with E-state index >= 15 is 0 Å². The van der Waals surface area contributed by atoms with E-state index in [1.165, 1.54) is 50.8 Å². The molecule has 0 radical (unpaired) electrons. The van der Waals surface area contributed by atoms with Crippen LogP contribution < -0.4 is 5.32 Å². The van der Waals surface area contributed by atoms with Gasteiger partial charge in [0.1, 0.15) is 0 Å². The fraction of sp³-hybridized carbons (Fsp3) is 1.00. The average Bonchev–Trinajstić information content (AvgIpc) is 2.75. The van der Waals surface area contributed by atoms with Crippen LogP contribution in [0.4, 0.5) is 0 Å². The highest BCUT2D eigenvalue weighted by atomic mass is 32.2. The van der Waals surface area contributed by atoms with Gasteiger partial charge in [-0.3, -0.25) is 0 Å². The third-order valence-electron chi connectivity index (χ3n) is 4.78. The smallest absolute Gasteiger partial charge is 0.0256 e. The zero-order valence-corrected chi connectivity index (χ0v) is 12.6. The average molecular weight is 255 g/mol. The SMILES string of the molecule is CC(C)C1CCC(NCC2(C)CCCS2)CC1. The molecule has 0 aromatic carbocycles. The quantitative estimate of drug-likeness (QED) is 0.812. The summed E-state index contributed by atoms with van der Waals surface area (Å²) in [5, 5.41) is 3.84. The molecule has 0 bridgehead atoms. The van der Waals surface area contributed by atoms with Crippen molar-refractivity contribution in [3.63, 3.8) is 0 Å². The van der Waals surface area contributed by atoms with E-state index in [9.17, 15) is 0 Å². The Morgan fingerprint density at radius 3 is 2.47 bits per heavy atom. The Morgan fingerprint density at radius 1 is 1.24 bits per heavy atom. The van der Waals surface area contributed by atoms with E-state index in [1.54, 1.807) is 0 Å². The van der Waals surface area contributed by atoms with Gasteiger partial charge in [0, 0.05) is 17.3 Å². The molecular weight excluding hydrogens is 226 g/mol. The maximum absolute atomic E-state index is 3.84. The van der Waals surface area contributed by atoms with E-state index in [1.807, 2.05) is 0 Å². The minimum atomic E-state index is 0.537. The van der Waals surface area contributed by atoms with Gasteiger partial charge in [0.05, 0.1) is 0 Å². The topological polar surface area (TPSA) is 12.0 Å². The lowest BCUT2D eigenvalue weighted by Gasteiger charge is -2.33. The Hall–Kier alpha value is 0.310. The molecular formula is C15H29NS. The molecule has 1 aliphatic heterocycles. The van der Waals surface area contributed by atoms with E-state index < -0.39 is 0 Å². The lowest BCUT2D eigenvalue weighted by atomic mass is 9.79. The Kier molecular flexibility index (Phi) is 4.82. The van der Waals surface area contributed by atoms with Crippen LogP contribution in [0.1, 0.15) is 59.3 Å². The van der Waals surface area contributed by atoms with Crippen molar-refractivity contribution in [2.75, 3.05) is 12.3 Å². The van der Waals surface area contributed by atoms with Gasteiger partial charge in [-0.15, -0.1) is 0 Å². The van der Waals surface area contributed by atoms with Crippen molar-refractivity contribution in [1.29, 1.82) is 0 Å². The van der Waals surface area contributed by atoms with Gasteiger partial charge in [0.2, 0.25) is 0 Å². The molecule has 2 fully saturated rings. The molecule has 1 saturated carbocycles. The lowest BCUT2D eigenvalue weighted by Crippen LogP contribution is -2.41. The van der Waals surface area contributed by atoms with Crippen LogP contribution in [0, 0.1) is 11.8 Å². The maximum Gasteiger partial charge on any atom is 0.0256 e. The first-order valence-corrected chi connectivity index (χ1v) is 8.45. The fourth-order valence-electron chi connectivity index (χ4n) is 3.33. The molecule has 1 atom stereocenters. The van der Waals surface area contributed by atoms with Crippen molar-refractivity contribution in [3.05, 3.63) is 0 Å². The molecule has 1 heterocycles. The van der Waals surface area contributed by atoms with Crippen LogP contribution in [-0.2, 0) is 0 Å². The van der Waals surface area contributed by atoms with E-state index in [4.69, 9.17) is 0 Å². The molecule has 2 rings (SSSR count). The summed E-state index contributed by atoms with van der Waals surface area (Å²) in [7, 11) is 0. The van der Waals surface area contributed by atoms with Crippen molar-refractivity contribution >= 4 is 11.8 Å².